The fraction of sp³-hybridized carbons (Fsp3) is 0.417. The Morgan fingerprint density at radius 1 is 1.44 bits per heavy atom. The number of carbonyl (C=O) groups excluding carboxylic acids is 1. The van der Waals surface area contributed by atoms with Crippen LogP contribution in [0, 0.1) is 5.41 Å². The molecule has 1 aromatic rings. The van der Waals surface area contributed by atoms with E-state index in [-0.39, 0.29) is 10.8 Å². The fourth-order valence-corrected chi connectivity index (χ4v) is 2.41. The number of amides is 1. The summed E-state index contributed by atoms with van der Waals surface area (Å²) in [7, 11) is -3.26. The van der Waals surface area contributed by atoms with Gasteiger partial charge in [0.05, 0.1) is 10.3 Å². The third-order valence-corrected chi connectivity index (χ3v) is 4.36. The summed E-state index contributed by atoms with van der Waals surface area (Å²) in [5.41, 5.74) is 5.61. The van der Waals surface area contributed by atoms with Crippen molar-refractivity contribution < 1.29 is 13.2 Å². The van der Waals surface area contributed by atoms with Crippen LogP contribution in [0.15, 0.2) is 29.2 Å². The lowest BCUT2D eigenvalue weighted by Gasteiger charge is -2.13. The van der Waals surface area contributed by atoms with Gasteiger partial charge in [0, 0.05) is 18.5 Å². The van der Waals surface area contributed by atoms with Gasteiger partial charge in [0.25, 0.3) is 0 Å². The maximum atomic E-state index is 11.9. The normalized spacial score (nSPS) is 17.2. The molecule has 5 nitrogen and oxygen atoms in total. The highest BCUT2D eigenvalue weighted by atomic mass is 32.2. The van der Waals surface area contributed by atoms with E-state index >= 15 is 0 Å². The summed E-state index contributed by atoms with van der Waals surface area (Å²) in [6.45, 7) is 0.324. The lowest BCUT2D eigenvalue weighted by atomic mass is 10.1. The van der Waals surface area contributed by atoms with E-state index in [1.165, 1.54) is 12.1 Å². The largest absolute Gasteiger partial charge is 0.329 e. The molecule has 1 saturated carbocycles. The van der Waals surface area contributed by atoms with Crippen molar-refractivity contribution in [2.24, 2.45) is 11.1 Å². The van der Waals surface area contributed by atoms with Crippen LogP contribution in [0.4, 0.5) is 5.69 Å². The molecule has 0 bridgehead atoms. The summed E-state index contributed by atoms with van der Waals surface area (Å²) in [5, 5.41) is 2.72. The van der Waals surface area contributed by atoms with E-state index in [9.17, 15) is 13.2 Å². The molecule has 0 aromatic heterocycles. The summed E-state index contributed by atoms with van der Waals surface area (Å²) in [5.74, 6) is -0.129. The Hall–Kier alpha value is -1.40. The van der Waals surface area contributed by atoms with Crippen molar-refractivity contribution in [1.29, 1.82) is 0 Å². The van der Waals surface area contributed by atoms with Crippen LogP contribution in [0.2, 0.25) is 0 Å². The van der Waals surface area contributed by atoms with Crippen molar-refractivity contribution in [3.63, 3.8) is 0 Å². The Balaban J connectivity index is 2.18. The molecule has 0 saturated heterocycles. The van der Waals surface area contributed by atoms with Crippen LogP contribution in [-0.2, 0) is 14.6 Å². The van der Waals surface area contributed by atoms with Crippen molar-refractivity contribution in [3.05, 3.63) is 24.3 Å². The zero-order chi connectivity index (χ0) is 13.4. The predicted molar refractivity (Wildman–Crippen MR) is 68.9 cm³/mol. The van der Waals surface area contributed by atoms with E-state index < -0.39 is 15.3 Å². The quantitative estimate of drug-likeness (QED) is 0.844. The lowest BCUT2D eigenvalue weighted by molar-refractivity contribution is -0.120. The van der Waals surface area contributed by atoms with Crippen LogP contribution in [0.5, 0.6) is 0 Å². The molecule has 0 unspecified atom stereocenters. The number of sulfone groups is 1. The molecule has 0 spiro atoms. The van der Waals surface area contributed by atoms with Gasteiger partial charge in [-0.25, -0.2) is 8.42 Å². The molecule has 0 radical (unpaired) electrons. The topological polar surface area (TPSA) is 89.3 Å². The summed E-state index contributed by atoms with van der Waals surface area (Å²) in [4.78, 5) is 12.1. The van der Waals surface area contributed by atoms with Gasteiger partial charge in [-0.05, 0) is 31.0 Å². The molecule has 0 aliphatic heterocycles. The van der Waals surface area contributed by atoms with Gasteiger partial charge in [-0.1, -0.05) is 6.07 Å². The maximum absolute atomic E-state index is 11.9. The highest BCUT2D eigenvalue weighted by Gasteiger charge is 2.48. The molecule has 98 valence electrons. The number of benzene rings is 1. The molecule has 0 atom stereocenters. The Bertz CT molecular complexity index is 577. The van der Waals surface area contributed by atoms with E-state index in [4.69, 9.17) is 5.73 Å². The van der Waals surface area contributed by atoms with Gasteiger partial charge >= 0.3 is 0 Å². The van der Waals surface area contributed by atoms with Gasteiger partial charge in [0.15, 0.2) is 9.84 Å². The smallest absolute Gasteiger partial charge is 0.231 e. The minimum absolute atomic E-state index is 0.129. The van der Waals surface area contributed by atoms with Crippen LogP contribution in [0.1, 0.15) is 12.8 Å². The Labute approximate surface area is 106 Å². The summed E-state index contributed by atoms with van der Waals surface area (Å²) >= 11 is 0. The maximum Gasteiger partial charge on any atom is 0.231 e. The zero-order valence-electron chi connectivity index (χ0n) is 10.1. The molecule has 3 N–H and O–H groups in total. The molecular weight excluding hydrogens is 252 g/mol. The lowest BCUT2D eigenvalue weighted by Crippen LogP contribution is -2.30. The van der Waals surface area contributed by atoms with Crippen molar-refractivity contribution in [2.75, 3.05) is 18.1 Å². The van der Waals surface area contributed by atoms with Crippen molar-refractivity contribution in [2.45, 2.75) is 17.7 Å². The molecule has 1 aliphatic carbocycles. The summed E-state index contributed by atoms with van der Waals surface area (Å²) < 4.78 is 22.8. The van der Waals surface area contributed by atoms with Gasteiger partial charge in [-0.3, -0.25) is 4.79 Å². The minimum atomic E-state index is -3.26. The number of rotatable bonds is 4. The summed E-state index contributed by atoms with van der Waals surface area (Å²) in [6.07, 6.45) is 2.72. The van der Waals surface area contributed by atoms with E-state index in [0.29, 0.717) is 12.2 Å². The van der Waals surface area contributed by atoms with E-state index in [2.05, 4.69) is 5.32 Å². The molecule has 2 rings (SSSR count). The number of carbonyl (C=O) groups is 1. The molecule has 0 heterocycles. The van der Waals surface area contributed by atoms with Crippen molar-refractivity contribution in [1.82, 2.24) is 0 Å². The van der Waals surface area contributed by atoms with Gasteiger partial charge < -0.3 is 11.1 Å². The third kappa shape index (κ3) is 2.54. The molecule has 1 aliphatic rings. The Morgan fingerprint density at radius 3 is 2.61 bits per heavy atom. The van der Waals surface area contributed by atoms with Crippen molar-refractivity contribution >= 4 is 21.4 Å². The van der Waals surface area contributed by atoms with E-state index in [1.807, 2.05) is 0 Å². The van der Waals surface area contributed by atoms with Crippen LogP contribution in [0.3, 0.4) is 0 Å². The molecule has 6 heteroatoms. The highest BCUT2D eigenvalue weighted by Crippen LogP contribution is 2.45. The molecule has 18 heavy (non-hydrogen) atoms. The van der Waals surface area contributed by atoms with Gasteiger partial charge in [0.1, 0.15) is 0 Å². The molecule has 1 aromatic carbocycles. The van der Waals surface area contributed by atoms with Crippen LogP contribution >= 0.6 is 0 Å². The third-order valence-electron chi connectivity index (χ3n) is 3.25. The van der Waals surface area contributed by atoms with Crippen LogP contribution in [-0.4, -0.2) is 27.1 Å². The second kappa shape index (κ2) is 4.37. The van der Waals surface area contributed by atoms with Crippen LogP contribution < -0.4 is 11.1 Å². The second-order valence-electron chi connectivity index (χ2n) is 4.74. The SMILES string of the molecule is CS(=O)(=O)c1cccc(NC(=O)C2(CN)CC2)c1. The molecule has 1 fully saturated rings. The number of nitrogens with two attached hydrogens (primary N) is 1. The predicted octanol–water partition coefficient (Wildman–Crippen LogP) is 0.767. The fourth-order valence-electron chi connectivity index (χ4n) is 1.74. The van der Waals surface area contributed by atoms with Gasteiger partial charge in [0.2, 0.25) is 5.91 Å². The second-order valence-corrected chi connectivity index (χ2v) is 6.75. The number of anilines is 1. The Kier molecular flexibility index (Phi) is 3.16. The average Bonchev–Trinajstić information content (AvgIpc) is 3.09. The monoisotopic (exact) mass is 268 g/mol. The van der Waals surface area contributed by atoms with E-state index in [1.54, 1.807) is 12.1 Å². The standard InChI is InChI=1S/C12H16N2O3S/c1-18(16,17)10-4-2-3-9(7-10)14-11(15)12(8-13)5-6-12/h2-4,7H,5-6,8,13H2,1H3,(H,14,15). The Morgan fingerprint density at radius 2 is 2.11 bits per heavy atom. The first-order chi connectivity index (χ1) is 8.37. The molecular formula is C12H16N2O3S. The van der Waals surface area contributed by atoms with Crippen molar-refractivity contribution in [3.8, 4) is 0 Å². The average molecular weight is 268 g/mol. The van der Waals surface area contributed by atoms with E-state index in [0.717, 1.165) is 19.1 Å². The zero-order valence-corrected chi connectivity index (χ0v) is 11.0. The van der Waals surface area contributed by atoms with Gasteiger partial charge in [-0.2, -0.15) is 0 Å². The highest BCUT2D eigenvalue weighted by molar-refractivity contribution is 7.90. The summed E-state index contributed by atoms with van der Waals surface area (Å²) in [6, 6.07) is 6.23. The number of nitrogens with one attached hydrogen (secondary N) is 1. The molecule has 1 amide bonds. The minimum Gasteiger partial charge on any atom is -0.329 e. The number of hydrogen-bond donors (Lipinski definition) is 2. The first-order valence-corrected chi connectivity index (χ1v) is 7.58. The first kappa shape index (κ1) is 13.0. The van der Waals surface area contributed by atoms with Gasteiger partial charge in [-0.15, -0.1) is 0 Å². The number of hydrogen-bond acceptors (Lipinski definition) is 4. The first-order valence-electron chi connectivity index (χ1n) is 5.69. The van der Waals surface area contributed by atoms with Crippen LogP contribution in [0.25, 0.3) is 0 Å².